The van der Waals surface area contributed by atoms with Crippen LogP contribution in [0.25, 0.3) is 0 Å². The molecule has 3 heterocycles. The van der Waals surface area contributed by atoms with Crippen molar-refractivity contribution in [1.82, 2.24) is 19.9 Å². The van der Waals surface area contributed by atoms with Crippen LogP contribution in [0.1, 0.15) is 0 Å². The monoisotopic (exact) mass is 257 g/mol. The molecule has 0 saturated carbocycles. The minimum absolute atomic E-state index is 0.445. The molecule has 0 amide bonds. The fraction of sp³-hybridized carbons (Fsp3) is 0.333. The highest BCUT2D eigenvalue weighted by atomic mass is 15.3. The molecule has 7 nitrogen and oxygen atoms in total. The number of nitrogens with two attached hydrogens (primary N) is 1. The second-order valence-corrected chi connectivity index (χ2v) is 4.32. The van der Waals surface area contributed by atoms with Crippen molar-refractivity contribution in [3.8, 4) is 0 Å². The van der Waals surface area contributed by atoms with Gasteiger partial charge in [-0.25, -0.2) is 19.9 Å². The fourth-order valence-electron chi connectivity index (χ4n) is 2.08. The van der Waals surface area contributed by atoms with Gasteiger partial charge in [-0.2, -0.15) is 0 Å². The summed E-state index contributed by atoms with van der Waals surface area (Å²) in [6.07, 6.45) is 6.83. The van der Waals surface area contributed by atoms with Crippen molar-refractivity contribution < 1.29 is 0 Å². The van der Waals surface area contributed by atoms with E-state index in [1.165, 1.54) is 0 Å². The molecule has 2 N–H and O–H groups in total. The second-order valence-electron chi connectivity index (χ2n) is 4.32. The van der Waals surface area contributed by atoms with Crippen LogP contribution in [0.3, 0.4) is 0 Å². The molecule has 1 aliphatic heterocycles. The van der Waals surface area contributed by atoms with Crippen LogP contribution in [0.2, 0.25) is 0 Å². The molecule has 1 fully saturated rings. The van der Waals surface area contributed by atoms with Crippen LogP contribution in [-0.2, 0) is 0 Å². The molecule has 2 aromatic heterocycles. The van der Waals surface area contributed by atoms with Gasteiger partial charge in [0, 0.05) is 38.6 Å². The fourth-order valence-corrected chi connectivity index (χ4v) is 2.08. The first kappa shape index (κ1) is 11.6. The Hall–Kier alpha value is -2.44. The maximum Gasteiger partial charge on any atom is 0.225 e. The van der Waals surface area contributed by atoms with Gasteiger partial charge < -0.3 is 15.5 Å². The van der Waals surface area contributed by atoms with Gasteiger partial charge in [0.15, 0.2) is 0 Å². The van der Waals surface area contributed by atoms with E-state index in [-0.39, 0.29) is 0 Å². The number of piperazine rings is 1. The van der Waals surface area contributed by atoms with Gasteiger partial charge >= 0.3 is 0 Å². The van der Waals surface area contributed by atoms with Crippen molar-refractivity contribution in [2.24, 2.45) is 0 Å². The van der Waals surface area contributed by atoms with E-state index < -0.39 is 0 Å². The van der Waals surface area contributed by atoms with Crippen LogP contribution < -0.4 is 15.5 Å². The SMILES string of the molecule is Nc1cnc(N2CCN(c3ncccn3)CC2)cn1. The van der Waals surface area contributed by atoms with E-state index >= 15 is 0 Å². The minimum Gasteiger partial charge on any atom is -0.382 e. The molecule has 1 aliphatic rings. The summed E-state index contributed by atoms with van der Waals surface area (Å²) in [5, 5.41) is 0. The Bertz CT molecular complexity index is 520. The van der Waals surface area contributed by atoms with Crippen molar-refractivity contribution in [3.63, 3.8) is 0 Å². The van der Waals surface area contributed by atoms with E-state index in [1.807, 2.05) is 6.07 Å². The Morgan fingerprint density at radius 3 is 2.16 bits per heavy atom. The van der Waals surface area contributed by atoms with Gasteiger partial charge in [-0.3, -0.25) is 0 Å². The van der Waals surface area contributed by atoms with Gasteiger partial charge in [0.2, 0.25) is 5.95 Å². The topological polar surface area (TPSA) is 84.1 Å². The standard InChI is InChI=1S/C12H15N7/c13-10-8-17-11(9-16-10)18-4-6-19(7-5-18)12-14-2-1-3-15-12/h1-3,8-9H,4-7H2,(H2,13,16). The molecule has 0 atom stereocenters. The molecule has 0 aliphatic carbocycles. The predicted octanol–water partition coefficient (Wildman–Crippen LogP) is 0.175. The second kappa shape index (κ2) is 5.05. The summed E-state index contributed by atoms with van der Waals surface area (Å²) in [7, 11) is 0. The third-order valence-electron chi connectivity index (χ3n) is 3.10. The van der Waals surface area contributed by atoms with E-state index in [2.05, 4.69) is 29.7 Å². The summed E-state index contributed by atoms with van der Waals surface area (Å²) in [5.74, 6) is 2.09. The van der Waals surface area contributed by atoms with E-state index in [4.69, 9.17) is 5.73 Å². The average Bonchev–Trinajstić information content (AvgIpc) is 2.49. The summed E-state index contributed by atoms with van der Waals surface area (Å²) < 4.78 is 0. The Kier molecular flexibility index (Phi) is 3.09. The first-order valence-corrected chi connectivity index (χ1v) is 6.17. The first-order chi connectivity index (χ1) is 9.33. The summed E-state index contributed by atoms with van der Waals surface area (Å²) in [4.78, 5) is 21.2. The minimum atomic E-state index is 0.445. The van der Waals surface area contributed by atoms with Crippen molar-refractivity contribution in [2.75, 3.05) is 41.7 Å². The van der Waals surface area contributed by atoms with Crippen molar-refractivity contribution in [3.05, 3.63) is 30.9 Å². The Labute approximate surface area is 111 Å². The molecule has 19 heavy (non-hydrogen) atoms. The molecule has 1 saturated heterocycles. The molecular formula is C12H15N7. The van der Waals surface area contributed by atoms with Crippen LogP contribution in [0, 0.1) is 0 Å². The zero-order valence-corrected chi connectivity index (χ0v) is 10.5. The van der Waals surface area contributed by atoms with Gasteiger partial charge in [0.25, 0.3) is 0 Å². The van der Waals surface area contributed by atoms with Crippen LogP contribution >= 0.6 is 0 Å². The summed E-state index contributed by atoms with van der Waals surface area (Å²) in [5.41, 5.74) is 5.54. The van der Waals surface area contributed by atoms with Crippen LogP contribution in [0.4, 0.5) is 17.6 Å². The van der Waals surface area contributed by atoms with Crippen molar-refractivity contribution in [2.45, 2.75) is 0 Å². The molecule has 0 spiro atoms. The Balaban J connectivity index is 1.65. The third-order valence-corrected chi connectivity index (χ3v) is 3.10. The lowest BCUT2D eigenvalue weighted by Gasteiger charge is -2.35. The number of nitrogen functional groups attached to an aromatic ring is 1. The highest BCUT2D eigenvalue weighted by Crippen LogP contribution is 2.15. The molecule has 0 aromatic carbocycles. The normalized spacial score (nSPS) is 15.6. The lowest BCUT2D eigenvalue weighted by Crippen LogP contribution is -2.47. The van der Waals surface area contributed by atoms with Crippen molar-refractivity contribution >= 4 is 17.6 Å². The van der Waals surface area contributed by atoms with Crippen LogP contribution in [0.15, 0.2) is 30.9 Å². The van der Waals surface area contributed by atoms with Crippen molar-refractivity contribution in [1.29, 1.82) is 0 Å². The maximum absolute atomic E-state index is 5.54. The van der Waals surface area contributed by atoms with Crippen LogP contribution in [-0.4, -0.2) is 46.1 Å². The molecule has 0 radical (unpaired) electrons. The zero-order chi connectivity index (χ0) is 13.1. The number of hydrogen-bond donors (Lipinski definition) is 1. The smallest absolute Gasteiger partial charge is 0.225 e. The first-order valence-electron chi connectivity index (χ1n) is 6.17. The third kappa shape index (κ3) is 2.54. The highest BCUT2D eigenvalue weighted by molar-refractivity contribution is 5.42. The average molecular weight is 257 g/mol. The van der Waals surface area contributed by atoms with E-state index in [0.717, 1.165) is 37.9 Å². The van der Waals surface area contributed by atoms with Crippen LogP contribution in [0.5, 0.6) is 0 Å². The highest BCUT2D eigenvalue weighted by Gasteiger charge is 2.19. The molecule has 2 aromatic rings. The number of nitrogens with zero attached hydrogens (tertiary/aromatic N) is 6. The maximum atomic E-state index is 5.54. The molecule has 7 heteroatoms. The van der Waals surface area contributed by atoms with E-state index in [0.29, 0.717) is 5.82 Å². The molecular weight excluding hydrogens is 242 g/mol. The summed E-state index contributed by atoms with van der Waals surface area (Å²) >= 11 is 0. The van der Waals surface area contributed by atoms with Gasteiger partial charge in [-0.15, -0.1) is 0 Å². The van der Waals surface area contributed by atoms with Gasteiger partial charge in [0.1, 0.15) is 11.6 Å². The molecule has 0 unspecified atom stereocenters. The predicted molar refractivity (Wildman–Crippen MR) is 72.9 cm³/mol. The largest absolute Gasteiger partial charge is 0.382 e. The quantitative estimate of drug-likeness (QED) is 0.821. The molecule has 3 rings (SSSR count). The van der Waals surface area contributed by atoms with Gasteiger partial charge in [-0.1, -0.05) is 0 Å². The van der Waals surface area contributed by atoms with E-state index in [9.17, 15) is 0 Å². The zero-order valence-electron chi connectivity index (χ0n) is 10.5. The lowest BCUT2D eigenvalue weighted by molar-refractivity contribution is 0.633. The molecule has 0 bridgehead atoms. The lowest BCUT2D eigenvalue weighted by atomic mass is 10.3. The Morgan fingerprint density at radius 2 is 1.53 bits per heavy atom. The Morgan fingerprint density at radius 1 is 0.842 bits per heavy atom. The van der Waals surface area contributed by atoms with Gasteiger partial charge in [-0.05, 0) is 6.07 Å². The number of hydrogen-bond acceptors (Lipinski definition) is 7. The van der Waals surface area contributed by atoms with E-state index in [1.54, 1.807) is 24.8 Å². The molecule has 98 valence electrons. The number of aromatic nitrogens is 4. The summed E-state index contributed by atoms with van der Waals surface area (Å²) in [6.45, 7) is 3.49. The van der Waals surface area contributed by atoms with Gasteiger partial charge in [0.05, 0.1) is 12.4 Å². The summed E-state index contributed by atoms with van der Waals surface area (Å²) in [6, 6.07) is 1.82. The number of rotatable bonds is 2. The number of anilines is 3.